The highest BCUT2D eigenvalue weighted by Crippen LogP contribution is 2.23. The molecule has 3 rings (SSSR count). The first-order valence-corrected chi connectivity index (χ1v) is 11.1. The minimum absolute atomic E-state index is 0.157. The van der Waals surface area contributed by atoms with Crippen molar-refractivity contribution in [1.82, 2.24) is 20.0 Å². The number of carbonyl (C=O) groups is 1. The summed E-state index contributed by atoms with van der Waals surface area (Å²) in [6, 6.07) is 4.54. The molecule has 1 aromatic rings. The van der Waals surface area contributed by atoms with Crippen molar-refractivity contribution >= 4 is 23.2 Å². The van der Waals surface area contributed by atoms with Crippen LogP contribution in [-0.4, -0.2) is 92.6 Å². The molecule has 1 aromatic heterocycles. The number of hydrogen-bond donors (Lipinski definition) is 1. The third-order valence-corrected chi connectivity index (χ3v) is 6.31. The number of rotatable bonds is 6. The lowest BCUT2D eigenvalue weighted by molar-refractivity contribution is -0.142. The molecule has 28 heavy (non-hydrogen) atoms. The van der Waals surface area contributed by atoms with Crippen molar-refractivity contribution in [2.75, 3.05) is 60.0 Å². The Morgan fingerprint density at radius 1 is 1.36 bits per heavy atom. The van der Waals surface area contributed by atoms with Crippen LogP contribution >= 0.6 is 11.3 Å². The smallest absolute Gasteiger partial charge is 0.251 e. The van der Waals surface area contributed by atoms with Gasteiger partial charge >= 0.3 is 0 Å². The Kier molecular flexibility index (Phi) is 7.70. The maximum Gasteiger partial charge on any atom is 0.251 e. The molecule has 2 atom stereocenters. The van der Waals surface area contributed by atoms with Crippen LogP contribution in [0.1, 0.15) is 30.7 Å². The molecule has 2 aliphatic rings. The molecule has 0 aromatic carbocycles. The van der Waals surface area contributed by atoms with Crippen LogP contribution in [0.25, 0.3) is 0 Å². The largest absolute Gasteiger partial charge is 0.368 e. The topological polar surface area (TPSA) is 60.4 Å². The van der Waals surface area contributed by atoms with Crippen LogP contribution in [0.2, 0.25) is 0 Å². The van der Waals surface area contributed by atoms with Gasteiger partial charge < -0.3 is 24.8 Å². The average Bonchev–Trinajstić information content (AvgIpc) is 3.41. The average molecular weight is 408 g/mol. The predicted octanol–water partition coefficient (Wildman–Crippen LogP) is 1.64. The molecule has 1 amide bonds. The van der Waals surface area contributed by atoms with E-state index in [2.05, 4.69) is 53.6 Å². The normalized spacial score (nSPS) is 22.0. The van der Waals surface area contributed by atoms with Gasteiger partial charge in [-0.15, -0.1) is 11.3 Å². The number of amides is 1. The van der Waals surface area contributed by atoms with Crippen molar-refractivity contribution in [3.63, 3.8) is 0 Å². The number of nitrogens with one attached hydrogen (secondary N) is 1. The maximum atomic E-state index is 12.6. The third-order valence-electron chi connectivity index (χ3n) is 5.34. The van der Waals surface area contributed by atoms with Gasteiger partial charge in [0.25, 0.3) is 5.91 Å². The predicted molar refractivity (Wildman–Crippen MR) is 114 cm³/mol. The lowest BCUT2D eigenvalue weighted by Crippen LogP contribution is -2.55. The van der Waals surface area contributed by atoms with Crippen LogP contribution in [0.4, 0.5) is 0 Å². The van der Waals surface area contributed by atoms with Crippen molar-refractivity contribution in [3.05, 3.63) is 22.4 Å². The van der Waals surface area contributed by atoms with Gasteiger partial charge in [0.1, 0.15) is 6.10 Å². The Balaban J connectivity index is 1.59. The lowest BCUT2D eigenvalue weighted by Gasteiger charge is -2.37. The maximum absolute atomic E-state index is 12.6. The van der Waals surface area contributed by atoms with Gasteiger partial charge in [0.05, 0.1) is 12.6 Å². The van der Waals surface area contributed by atoms with E-state index in [-0.39, 0.29) is 18.1 Å². The van der Waals surface area contributed by atoms with E-state index in [9.17, 15) is 4.79 Å². The highest BCUT2D eigenvalue weighted by molar-refractivity contribution is 7.10. The molecule has 0 radical (unpaired) electrons. The number of ether oxygens (including phenoxy) is 1. The summed E-state index contributed by atoms with van der Waals surface area (Å²) >= 11 is 1.77. The summed E-state index contributed by atoms with van der Waals surface area (Å²) in [4.78, 5) is 25.3. The highest BCUT2D eigenvalue weighted by Gasteiger charge is 2.31. The van der Waals surface area contributed by atoms with Crippen molar-refractivity contribution < 1.29 is 9.53 Å². The summed E-state index contributed by atoms with van der Waals surface area (Å²) in [7, 11) is 4.20. The van der Waals surface area contributed by atoms with E-state index >= 15 is 0 Å². The van der Waals surface area contributed by atoms with Crippen molar-refractivity contribution in [2.24, 2.45) is 4.99 Å². The monoisotopic (exact) mass is 407 g/mol. The van der Waals surface area contributed by atoms with Crippen molar-refractivity contribution in [2.45, 2.75) is 31.9 Å². The molecule has 0 bridgehead atoms. The summed E-state index contributed by atoms with van der Waals surface area (Å²) in [6.45, 7) is 7.41. The van der Waals surface area contributed by atoms with Gasteiger partial charge in [-0.1, -0.05) is 6.07 Å². The molecule has 2 fully saturated rings. The summed E-state index contributed by atoms with van der Waals surface area (Å²) in [5.74, 6) is 1.10. The van der Waals surface area contributed by atoms with Gasteiger partial charge in [-0.05, 0) is 45.3 Å². The molecule has 2 saturated heterocycles. The van der Waals surface area contributed by atoms with Crippen LogP contribution in [-0.2, 0) is 9.53 Å². The third kappa shape index (κ3) is 5.24. The second-order valence-corrected chi connectivity index (χ2v) is 8.48. The van der Waals surface area contributed by atoms with Gasteiger partial charge in [-0.2, -0.15) is 0 Å². The molecule has 8 heteroatoms. The second-order valence-electron chi connectivity index (χ2n) is 7.50. The van der Waals surface area contributed by atoms with E-state index in [0.717, 1.165) is 51.5 Å². The summed E-state index contributed by atoms with van der Waals surface area (Å²) < 4.78 is 5.56. The van der Waals surface area contributed by atoms with E-state index in [1.54, 1.807) is 11.3 Å². The number of thiophene rings is 1. The first-order chi connectivity index (χ1) is 13.6. The first-order valence-electron chi connectivity index (χ1n) is 10.2. The van der Waals surface area contributed by atoms with Gasteiger partial charge in [0.15, 0.2) is 5.96 Å². The van der Waals surface area contributed by atoms with Crippen molar-refractivity contribution in [3.8, 4) is 0 Å². The summed E-state index contributed by atoms with van der Waals surface area (Å²) in [5.41, 5.74) is 0. The zero-order valence-electron chi connectivity index (χ0n) is 17.3. The molecule has 7 nitrogen and oxygen atoms in total. The zero-order valence-corrected chi connectivity index (χ0v) is 18.1. The Morgan fingerprint density at radius 3 is 2.68 bits per heavy atom. The number of hydrogen-bond acceptors (Lipinski definition) is 5. The fourth-order valence-corrected chi connectivity index (χ4v) is 4.62. The fraction of sp³-hybridized carbons (Fsp3) is 0.700. The quantitative estimate of drug-likeness (QED) is 0.574. The molecular formula is C20H33N5O2S. The lowest BCUT2D eigenvalue weighted by atomic mass is 10.2. The standard InChI is InChI=1S/C20H33N5O2S/c1-4-21-20(22-15-16(23(2)3)18-8-6-14-28-18)25-11-9-24(10-12-25)19(26)17-7-5-13-27-17/h6,8,14,16-17H,4-5,7,9-13,15H2,1-3H3,(H,21,22). The van der Waals surface area contributed by atoms with E-state index in [1.807, 2.05) is 4.90 Å². The zero-order chi connectivity index (χ0) is 19.9. The Hall–Kier alpha value is -1.64. The molecule has 1 N–H and O–H groups in total. The molecule has 3 heterocycles. The SMILES string of the molecule is CCNC(=NCC(c1cccs1)N(C)C)N1CCN(C(=O)C2CCCO2)CC1. The minimum Gasteiger partial charge on any atom is -0.368 e. The van der Waals surface area contributed by atoms with Crippen LogP contribution < -0.4 is 5.32 Å². The van der Waals surface area contributed by atoms with Gasteiger partial charge in [0, 0.05) is 44.2 Å². The number of piperazine rings is 1. The Labute approximate surface area is 172 Å². The number of guanidine groups is 1. The minimum atomic E-state index is -0.222. The van der Waals surface area contributed by atoms with Crippen LogP contribution in [0.3, 0.4) is 0 Å². The van der Waals surface area contributed by atoms with Crippen LogP contribution in [0.5, 0.6) is 0 Å². The number of aliphatic imine (C=N–C) groups is 1. The van der Waals surface area contributed by atoms with E-state index in [4.69, 9.17) is 9.73 Å². The van der Waals surface area contributed by atoms with E-state index in [1.165, 1.54) is 4.88 Å². The highest BCUT2D eigenvalue weighted by atomic mass is 32.1. The van der Waals surface area contributed by atoms with E-state index in [0.29, 0.717) is 13.2 Å². The Bertz CT molecular complexity index is 635. The molecule has 156 valence electrons. The number of likely N-dealkylation sites (N-methyl/N-ethyl adjacent to an activating group) is 1. The molecular weight excluding hydrogens is 374 g/mol. The fourth-order valence-electron chi connectivity index (χ4n) is 3.70. The summed E-state index contributed by atoms with van der Waals surface area (Å²) in [6.07, 6.45) is 1.63. The van der Waals surface area contributed by atoms with Crippen LogP contribution in [0.15, 0.2) is 22.5 Å². The van der Waals surface area contributed by atoms with Gasteiger partial charge in [-0.3, -0.25) is 9.79 Å². The molecule has 0 aliphatic carbocycles. The second kappa shape index (κ2) is 10.2. The molecule has 0 saturated carbocycles. The summed E-state index contributed by atoms with van der Waals surface area (Å²) in [5, 5.41) is 5.54. The van der Waals surface area contributed by atoms with Crippen molar-refractivity contribution in [1.29, 1.82) is 0 Å². The molecule has 2 unspecified atom stereocenters. The molecule has 2 aliphatic heterocycles. The molecule has 0 spiro atoms. The van der Waals surface area contributed by atoms with Gasteiger partial charge in [-0.25, -0.2) is 0 Å². The van der Waals surface area contributed by atoms with Gasteiger partial charge in [0.2, 0.25) is 0 Å². The number of carbonyl (C=O) groups excluding carboxylic acids is 1. The van der Waals surface area contributed by atoms with E-state index < -0.39 is 0 Å². The van der Waals surface area contributed by atoms with Crippen LogP contribution in [0, 0.1) is 0 Å². The Morgan fingerprint density at radius 2 is 2.11 bits per heavy atom. The number of nitrogens with zero attached hydrogens (tertiary/aromatic N) is 4. The first kappa shape index (κ1) is 21.1.